The standard InChI is InChI=1S/C31H37N3O6S/c1-22-11-9-10-12-24(22)20-33(23(2)30(36)32-31(3,4)5)29(35)21-34(41(37,38)26-13-7-6-8-14-26)25-15-16-27-28(19-25)40-18-17-39-27/h6-16,19,23H,17-18,20-21H2,1-5H3,(H,32,36)/t23-/m1/s1. The van der Waals surface area contributed by atoms with E-state index in [0.29, 0.717) is 24.7 Å². The fourth-order valence-electron chi connectivity index (χ4n) is 4.46. The number of nitrogens with zero attached hydrogens (tertiary/aromatic N) is 2. The van der Waals surface area contributed by atoms with Gasteiger partial charge in [-0.3, -0.25) is 13.9 Å². The number of nitrogens with one attached hydrogen (secondary N) is 1. The molecule has 0 aromatic heterocycles. The molecule has 2 amide bonds. The lowest BCUT2D eigenvalue weighted by atomic mass is 10.1. The summed E-state index contributed by atoms with van der Waals surface area (Å²) >= 11 is 0. The van der Waals surface area contributed by atoms with Crippen molar-refractivity contribution < 1.29 is 27.5 Å². The summed E-state index contributed by atoms with van der Waals surface area (Å²) < 4.78 is 40.3. The first kappa shape index (κ1) is 29.9. The Morgan fingerprint density at radius 3 is 2.22 bits per heavy atom. The molecule has 0 bridgehead atoms. The van der Waals surface area contributed by atoms with Crippen LogP contribution in [0.25, 0.3) is 0 Å². The van der Waals surface area contributed by atoms with Crippen molar-refractivity contribution in [2.45, 2.75) is 57.6 Å². The van der Waals surface area contributed by atoms with Crippen LogP contribution in [0.3, 0.4) is 0 Å². The molecule has 0 aliphatic carbocycles. The van der Waals surface area contributed by atoms with Crippen molar-refractivity contribution in [3.05, 3.63) is 83.9 Å². The van der Waals surface area contributed by atoms with Crippen LogP contribution in [0.4, 0.5) is 5.69 Å². The Hall–Kier alpha value is -4.05. The highest BCUT2D eigenvalue weighted by atomic mass is 32.2. The number of fused-ring (bicyclic) bond motifs is 1. The highest BCUT2D eigenvalue weighted by Crippen LogP contribution is 2.36. The van der Waals surface area contributed by atoms with E-state index in [1.165, 1.54) is 17.0 Å². The Morgan fingerprint density at radius 1 is 0.927 bits per heavy atom. The Bertz CT molecular complexity index is 1500. The summed E-state index contributed by atoms with van der Waals surface area (Å²) in [5.41, 5.74) is 1.54. The van der Waals surface area contributed by atoms with Crippen LogP contribution < -0.4 is 19.1 Å². The maximum atomic E-state index is 14.1. The van der Waals surface area contributed by atoms with Crippen LogP contribution in [0.15, 0.2) is 77.7 Å². The van der Waals surface area contributed by atoms with E-state index in [4.69, 9.17) is 9.47 Å². The number of aryl methyl sites for hydroxylation is 1. The normalized spacial score (nSPS) is 13.7. The Morgan fingerprint density at radius 2 is 1.56 bits per heavy atom. The highest BCUT2D eigenvalue weighted by Gasteiger charge is 2.34. The van der Waals surface area contributed by atoms with Crippen molar-refractivity contribution in [3.63, 3.8) is 0 Å². The third-order valence-electron chi connectivity index (χ3n) is 6.69. The van der Waals surface area contributed by atoms with Crippen molar-refractivity contribution in [2.24, 2.45) is 0 Å². The largest absolute Gasteiger partial charge is 0.486 e. The van der Waals surface area contributed by atoms with E-state index in [1.807, 2.05) is 52.0 Å². The van der Waals surface area contributed by atoms with Gasteiger partial charge in [0.1, 0.15) is 25.8 Å². The highest BCUT2D eigenvalue weighted by molar-refractivity contribution is 7.92. The summed E-state index contributed by atoms with van der Waals surface area (Å²) in [6.45, 7) is 9.48. The van der Waals surface area contributed by atoms with Crippen molar-refractivity contribution in [2.75, 3.05) is 24.1 Å². The molecule has 3 aromatic carbocycles. The molecule has 9 nitrogen and oxygen atoms in total. The van der Waals surface area contributed by atoms with Gasteiger partial charge in [-0.05, 0) is 70.0 Å². The molecular weight excluding hydrogens is 542 g/mol. The van der Waals surface area contributed by atoms with E-state index in [9.17, 15) is 18.0 Å². The average Bonchev–Trinajstić information content (AvgIpc) is 2.94. The lowest BCUT2D eigenvalue weighted by Gasteiger charge is -2.34. The zero-order valence-corrected chi connectivity index (χ0v) is 24.9. The van der Waals surface area contributed by atoms with Crippen molar-refractivity contribution in [3.8, 4) is 11.5 Å². The molecule has 0 unspecified atom stereocenters. The molecule has 0 fully saturated rings. The smallest absolute Gasteiger partial charge is 0.264 e. The van der Waals surface area contributed by atoms with E-state index < -0.39 is 34.1 Å². The molecule has 1 aliphatic heterocycles. The van der Waals surface area contributed by atoms with Crippen LogP contribution in [0.2, 0.25) is 0 Å². The molecule has 218 valence electrons. The number of ether oxygens (including phenoxy) is 2. The summed E-state index contributed by atoms with van der Waals surface area (Å²) in [4.78, 5) is 28.8. The zero-order chi connectivity index (χ0) is 29.8. The minimum Gasteiger partial charge on any atom is -0.486 e. The average molecular weight is 580 g/mol. The van der Waals surface area contributed by atoms with Gasteiger partial charge in [-0.2, -0.15) is 0 Å². The lowest BCUT2D eigenvalue weighted by molar-refractivity contribution is -0.140. The van der Waals surface area contributed by atoms with E-state index in [2.05, 4.69) is 5.32 Å². The molecule has 0 saturated carbocycles. The van der Waals surface area contributed by atoms with Crippen LogP contribution in [-0.4, -0.2) is 56.5 Å². The number of hydrogen-bond donors (Lipinski definition) is 1. The first-order valence-corrected chi connectivity index (χ1v) is 14.9. The molecule has 0 radical (unpaired) electrons. The summed E-state index contributed by atoms with van der Waals surface area (Å²) in [5.74, 6) is 0.0247. The van der Waals surface area contributed by atoms with Crippen molar-refractivity contribution >= 4 is 27.5 Å². The fourth-order valence-corrected chi connectivity index (χ4v) is 5.89. The Balaban J connectivity index is 1.74. The second kappa shape index (κ2) is 12.2. The van der Waals surface area contributed by atoms with E-state index in [-0.39, 0.29) is 23.0 Å². The number of sulfonamides is 1. The molecular formula is C31H37N3O6S. The second-order valence-electron chi connectivity index (χ2n) is 11.0. The number of hydrogen-bond acceptors (Lipinski definition) is 6. The number of carbonyl (C=O) groups excluding carboxylic acids is 2. The van der Waals surface area contributed by atoms with Gasteiger partial charge in [-0.15, -0.1) is 0 Å². The molecule has 4 rings (SSSR count). The summed E-state index contributed by atoms with van der Waals surface area (Å²) in [5, 5.41) is 2.93. The SMILES string of the molecule is Cc1ccccc1CN(C(=O)CN(c1ccc2c(c1)OCCO2)S(=O)(=O)c1ccccc1)[C@H](C)C(=O)NC(C)(C)C. The third-order valence-corrected chi connectivity index (χ3v) is 8.48. The Labute approximate surface area is 242 Å². The van der Waals surface area contributed by atoms with Crippen LogP contribution >= 0.6 is 0 Å². The summed E-state index contributed by atoms with van der Waals surface area (Å²) in [6.07, 6.45) is 0. The summed E-state index contributed by atoms with van der Waals surface area (Å²) in [7, 11) is -4.18. The van der Waals surface area contributed by atoms with E-state index in [1.54, 1.807) is 43.3 Å². The van der Waals surface area contributed by atoms with Crippen molar-refractivity contribution in [1.82, 2.24) is 10.2 Å². The van der Waals surface area contributed by atoms with Gasteiger partial charge in [0.25, 0.3) is 10.0 Å². The predicted molar refractivity (Wildman–Crippen MR) is 157 cm³/mol. The van der Waals surface area contributed by atoms with Gasteiger partial charge in [0.2, 0.25) is 11.8 Å². The summed E-state index contributed by atoms with van der Waals surface area (Å²) in [6, 6.07) is 19.4. The number of amides is 2. The number of benzene rings is 3. The molecule has 1 aliphatic rings. The predicted octanol–water partition coefficient (Wildman–Crippen LogP) is 4.29. The quantitative estimate of drug-likeness (QED) is 0.406. The lowest BCUT2D eigenvalue weighted by Crippen LogP contribution is -2.54. The molecule has 0 spiro atoms. The van der Waals surface area contributed by atoms with Gasteiger partial charge < -0.3 is 19.7 Å². The second-order valence-corrected chi connectivity index (χ2v) is 12.9. The molecule has 0 saturated heterocycles. The van der Waals surface area contributed by atoms with Gasteiger partial charge in [-0.25, -0.2) is 8.42 Å². The van der Waals surface area contributed by atoms with Gasteiger partial charge >= 0.3 is 0 Å². The van der Waals surface area contributed by atoms with Crippen LogP contribution in [0.5, 0.6) is 11.5 Å². The molecule has 1 heterocycles. The Kier molecular flexibility index (Phi) is 8.92. The minimum absolute atomic E-state index is 0.0340. The van der Waals surface area contributed by atoms with Crippen LogP contribution in [-0.2, 0) is 26.2 Å². The maximum absolute atomic E-state index is 14.1. The molecule has 41 heavy (non-hydrogen) atoms. The van der Waals surface area contributed by atoms with Crippen molar-refractivity contribution in [1.29, 1.82) is 0 Å². The van der Waals surface area contributed by atoms with E-state index >= 15 is 0 Å². The minimum atomic E-state index is -4.18. The number of rotatable bonds is 9. The monoisotopic (exact) mass is 579 g/mol. The first-order valence-electron chi connectivity index (χ1n) is 13.5. The van der Waals surface area contributed by atoms with Gasteiger partial charge in [0, 0.05) is 18.2 Å². The number of carbonyl (C=O) groups is 2. The first-order chi connectivity index (χ1) is 19.4. The van der Waals surface area contributed by atoms with E-state index in [0.717, 1.165) is 15.4 Å². The zero-order valence-electron chi connectivity index (χ0n) is 24.1. The third kappa shape index (κ3) is 7.18. The molecule has 1 N–H and O–H groups in total. The number of anilines is 1. The van der Waals surface area contributed by atoms with Crippen LogP contribution in [0, 0.1) is 6.92 Å². The van der Waals surface area contributed by atoms with Gasteiger partial charge in [-0.1, -0.05) is 42.5 Å². The topological polar surface area (TPSA) is 105 Å². The van der Waals surface area contributed by atoms with Crippen LogP contribution in [0.1, 0.15) is 38.8 Å². The maximum Gasteiger partial charge on any atom is 0.264 e. The fraction of sp³-hybridized carbons (Fsp3) is 0.355. The molecule has 3 aromatic rings. The molecule has 1 atom stereocenters. The molecule has 10 heteroatoms. The van der Waals surface area contributed by atoms with Gasteiger partial charge in [0.05, 0.1) is 10.6 Å². The van der Waals surface area contributed by atoms with Gasteiger partial charge in [0.15, 0.2) is 11.5 Å².